The SMILES string of the molecule is CC(CO)CSc1ncccc1C(C)N. The van der Waals surface area contributed by atoms with E-state index in [-0.39, 0.29) is 18.6 Å². The van der Waals surface area contributed by atoms with Crippen LogP contribution >= 0.6 is 11.8 Å². The highest BCUT2D eigenvalue weighted by Gasteiger charge is 2.09. The molecule has 84 valence electrons. The number of thioether (sulfide) groups is 1. The van der Waals surface area contributed by atoms with Crippen molar-refractivity contribution >= 4 is 11.8 Å². The maximum Gasteiger partial charge on any atom is 0.101 e. The maximum atomic E-state index is 8.93. The Labute approximate surface area is 95.1 Å². The molecular formula is C11H18N2OS. The first-order chi connectivity index (χ1) is 7.15. The molecule has 0 amide bonds. The molecule has 0 saturated heterocycles. The molecular weight excluding hydrogens is 208 g/mol. The molecule has 1 aromatic heterocycles. The molecule has 0 aliphatic rings. The second-order valence-electron chi connectivity index (χ2n) is 3.79. The fourth-order valence-electron chi connectivity index (χ4n) is 1.14. The molecule has 2 atom stereocenters. The molecule has 15 heavy (non-hydrogen) atoms. The highest BCUT2D eigenvalue weighted by Crippen LogP contribution is 2.25. The van der Waals surface area contributed by atoms with Crippen LogP contribution in [0.1, 0.15) is 25.5 Å². The quantitative estimate of drug-likeness (QED) is 0.752. The largest absolute Gasteiger partial charge is 0.396 e. The van der Waals surface area contributed by atoms with Crippen LogP contribution in [0, 0.1) is 5.92 Å². The molecule has 1 heterocycles. The van der Waals surface area contributed by atoms with Crippen molar-refractivity contribution in [2.45, 2.75) is 24.9 Å². The lowest BCUT2D eigenvalue weighted by molar-refractivity contribution is 0.250. The van der Waals surface area contributed by atoms with Crippen LogP contribution in [-0.2, 0) is 0 Å². The molecule has 0 bridgehead atoms. The van der Waals surface area contributed by atoms with Gasteiger partial charge in [0.2, 0.25) is 0 Å². The van der Waals surface area contributed by atoms with Gasteiger partial charge in [-0.25, -0.2) is 4.98 Å². The minimum Gasteiger partial charge on any atom is -0.396 e. The minimum atomic E-state index is 0.00522. The zero-order valence-electron chi connectivity index (χ0n) is 9.18. The fraction of sp³-hybridized carbons (Fsp3) is 0.545. The number of hydrogen-bond acceptors (Lipinski definition) is 4. The fourth-order valence-corrected chi connectivity index (χ4v) is 2.25. The van der Waals surface area contributed by atoms with E-state index in [1.54, 1.807) is 18.0 Å². The van der Waals surface area contributed by atoms with Crippen LogP contribution in [-0.4, -0.2) is 22.5 Å². The molecule has 2 unspecified atom stereocenters. The summed E-state index contributed by atoms with van der Waals surface area (Å²) in [5.41, 5.74) is 6.93. The first-order valence-electron chi connectivity index (χ1n) is 5.09. The molecule has 0 radical (unpaired) electrons. The Morgan fingerprint density at radius 2 is 2.27 bits per heavy atom. The van der Waals surface area contributed by atoms with Crippen molar-refractivity contribution in [3.8, 4) is 0 Å². The topological polar surface area (TPSA) is 59.1 Å². The van der Waals surface area contributed by atoms with Crippen molar-refractivity contribution in [2.24, 2.45) is 11.7 Å². The molecule has 0 saturated carbocycles. The summed E-state index contributed by atoms with van der Waals surface area (Å²) in [5, 5.41) is 9.91. The average Bonchev–Trinajstić information content (AvgIpc) is 2.26. The lowest BCUT2D eigenvalue weighted by Crippen LogP contribution is -2.09. The monoisotopic (exact) mass is 226 g/mol. The molecule has 3 N–H and O–H groups in total. The number of aliphatic hydroxyl groups is 1. The Balaban J connectivity index is 2.67. The summed E-state index contributed by atoms with van der Waals surface area (Å²) in [5.74, 6) is 1.16. The van der Waals surface area contributed by atoms with E-state index >= 15 is 0 Å². The van der Waals surface area contributed by atoms with E-state index in [2.05, 4.69) is 4.98 Å². The van der Waals surface area contributed by atoms with Crippen LogP contribution in [0.25, 0.3) is 0 Å². The number of pyridine rings is 1. The summed E-state index contributed by atoms with van der Waals surface area (Å²) >= 11 is 1.66. The van der Waals surface area contributed by atoms with Crippen molar-refractivity contribution in [1.29, 1.82) is 0 Å². The van der Waals surface area contributed by atoms with Crippen molar-refractivity contribution in [2.75, 3.05) is 12.4 Å². The molecule has 1 aromatic rings. The number of aliphatic hydroxyl groups excluding tert-OH is 1. The van der Waals surface area contributed by atoms with Gasteiger partial charge in [-0.3, -0.25) is 0 Å². The molecule has 0 fully saturated rings. The number of nitrogens with two attached hydrogens (primary N) is 1. The van der Waals surface area contributed by atoms with Gasteiger partial charge >= 0.3 is 0 Å². The Hall–Kier alpha value is -0.580. The van der Waals surface area contributed by atoms with Gasteiger partial charge in [-0.15, -0.1) is 11.8 Å². The van der Waals surface area contributed by atoms with E-state index in [0.29, 0.717) is 0 Å². The van der Waals surface area contributed by atoms with Gasteiger partial charge in [0.25, 0.3) is 0 Å². The highest BCUT2D eigenvalue weighted by atomic mass is 32.2. The number of aromatic nitrogens is 1. The van der Waals surface area contributed by atoms with E-state index < -0.39 is 0 Å². The highest BCUT2D eigenvalue weighted by molar-refractivity contribution is 7.99. The van der Waals surface area contributed by atoms with Crippen LogP contribution in [0.5, 0.6) is 0 Å². The van der Waals surface area contributed by atoms with Crippen molar-refractivity contribution in [3.63, 3.8) is 0 Å². The molecule has 0 aromatic carbocycles. The number of nitrogens with zero attached hydrogens (tertiary/aromatic N) is 1. The van der Waals surface area contributed by atoms with Gasteiger partial charge < -0.3 is 10.8 Å². The van der Waals surface area contributed by atoms with Crippen LogP contribution in [0.4, 0.5) is 0 Å². The second kappa shape index (κ2) is 6.10. The molecule has 0 aliphatic carbocycles. The molecule has 0 aliphatic heterocycles. The first-order valence-corrected chi connectivity index (χ1v) is 6.07. The molecule has 0 spiro atoms. The molecule has 3 nitrogen and oxygen atoms in total. The molecule has 1 rings (SSSR count). The third-order valence-corrected chi connectivity index (χ3v) is 3.46. The second-order valence-corrected chi connectivity index (χ2v) is 4.79. The van der Waals surface area contributed by atoms with Gasteiger partial charge in [-0.1, -0.05) is 13.0 Å². The zero-order valence-corrected chi connectivity index (χ0v) is 10.00. The van der Waals surface area contributed by atoms with Crippen molar-refractivity contribution < 1.29 is 5.11 Å². The summed E-state index contributed by atoms with van der Waals surface area (Å²) < 4.78 is 0. The third kappa shape index (κ3) is 3.81. The smallest absolute Gasteiger partial charge is 0.101 e. The minimum absolute atomic E-state index is 0.00522. The zero-order chi connectivity index (χ0) is 11.3. The third-order valence-electron chi connectivity index (χ3n) is 2.11. The van der Waals surface area contributed by atoms with Gasteiger partial charge in [-0.2, -0.15) is 0 Å². The van der Waals surface area contributed by atoms with Gasteiger partial charge in [0.05, 0.1) is 0 Å². The summed E-state index contributed by atoms with van der Waals surface area (Å²) in [6.07, 6.45) is 1.78. The van der Waals surface area contributed by atoms with Crippen LogP contribution in [0.3, 0.4) is 0 Å². The normalized spacial score (nSPS) is 14.9. The van der Waals surface area contributed by atoms with Crippen LogP contribution in [0.15, 0.2) is 23.4 Å². The van der Waals surface area contributed by atoms with Crippen molar-refractivity contribution in [1.82, 2.24) is 4.98 Å². The van der Waals surface area contributed by atoms with E-state index in [1.807, 2.05) is 26.0 Å². The summed E-state index contributed by atoms with van der Waals surface area (Å²) in [6.45, 7) is 4.19. The number of rotatable bonds is 5. The van der Waals surface area contributed by atoms with Crippen molar-refractivity contribution in [3.05, 3.63) is 23.9 Å². The Bertz CT molecular complexity index is 304. The van der Waals surface area contributed by atoms with E-state index in [4.69, 9.17) is 10.8 Å². The predicted octanol–water partition coefficient (Wildman–Crippen LogP) is 1.82. The van der Waals surface area contributed by atoms with Gasteiger partial charge in [0.1, 0.15) is 5.03 Å². The van der Waals surface area contributed by atoms with Gasteiger partial charge in [0.15, 0.2) is 0 Å². The van der Waals surface area contributed by atoms with Gasteiger partial charge in [0, 0.05) is 30.2 Å². The summed E-state index contributed by atoms with van der Waals surface area (Å²) in [6, 6.07) is 3.91. The maximum absolute atomic E-state index is 8.93. The predicted molar refractivity (Wildman–Crippen MR) is 63.8 cm³/mol. The Kier molecular flexibility index (Phi) is 5.08. The van der Waals surface area contributed by atoms with E-state index in [0.717, 1.165) is 16.3 Å². The van der Waals surface area contributed by atoms with Crippen LogP contribution < -0.4 is 5.73 Å². The standard InChI is InChI=1S/C11H18N2OS/c1-8(6-14)7-15-11-10(9(2)12)4-3-5-13-11/h3-5,8-9,14H,6-7,12H2,1-2H3. The van der Waals surface area contributed by atoms with Crippen LogP contribution in [0.2, 0.25) is 0 Å². The Morgan fingerprint density at radius 3 is 2.87 bits per heavy atom. The Morgan fingerprint density at radius 1 is 1.53 bits per heavy atom. The lowest BCUT2D eigenvalue weighted by Gasteiger charge is -2.12. The lowest BCUT2D eigenvalue weighted by atomic mass is 10.2. The summed E-state index contributed by atoms with van der Waals surface area (Å²) in [7, 11) is 0. The van der Waals surface area contributed by atoms with E-state index in [9.17, 15) is 0 Å². The average molecular weight is 226 g/mol. The van der Waals surface area contributed by atoms with Gasteiger partial charge in [-0.05, 0) is 18.9 Å². The van der Waals surface area contributed by atoms with E-state index in [1.165, 1.54) is 0 Å². The summed E-state index contributed by atoms with van der Waals surface area (Å²) in [4.78, 5) is 4.31. The molecule has 4 heteroatoms. The first kappa shape index (κ1) is 12.5. The number of hydrogen-bond donors (Lipinski definition) is 2.